The van der Waals surface area contributed by atoms with Crippen molar-refractivity contribution in [3.05, 3.63) is 35.9 Å². The number of nitrogens with one attached hydrogen (secondary N) is 1. The number of carbonyl (C=O) groups excluding carboxylic acids is 1. The average Bonchev–Trinajstić information content (AvgIpc) is 2.84. The van der Waals surface area contributed by atoms with Gasteiger partial charge in [-0.25, -0.2) is 0 Å². The molecule has 0 saturated carbocycles. The van der Waals surface area contributed by atoms with Crippen molar-refractivity contribution in [1.29, 1.82) is 0 Å². The van der Waals surface area contributed by atoms with E-state index in [9.17, 15) is 4.79 Å². The van der Waals surface area contributed by atoms with Gasteiger partial charge in [-0.1, -0.05) is 44.2 Å². The van der Waals surface area contributed by atoms with E-state index in [1.165, 1.54) is 18.4 Å². The molecule has 0 radical (unpaired) electrons. The fourth-order valence-electron chi connectivity index (χ4n) is 3.85. The van der Waals surface area contributed by atoms with Crippen LogP contribution in [-0.4, -0.2) is 36.0 Å². The summed E-state index contributed by atoms with van der Waals surface area (Å²) >= 11 is 0. The summed E-state index contributed by atoms with van der Waals surface area (Å²) in [5.74, 6) is 0.827. The summed E-state index contributed by atoms with van der Waals surface area (Å²) in [7, 11) is 0. The number of likely N-dealkylation sites (tertiary alicyclic amines) is 1. The van der Waals surface area contributed by atoms with Gasteiger partial charge in [0.1, 0.15) is 0 Å². The minimum absolute atomic E-state index is 0. The maximum Gasteiger partial charge on any atom is 0.226 e. The summed E-state index contributed by atoms with van der Waals surface area (Å²) in [5, 5.41) is 3.66. The molecule has 3 nitrogen and oxygen atoms in total. The van der Waals surface area contributed by atoms with Gasteiger partial charge in [-0.05, 0) is 37.2 Å². The van der Waals surface area contributed by atoms with Crippen LogP contribution < -0.4 is 5.32 Å². The highest BCUT2D eigenvalue weighted by atomic mass is 35.5. The lowest BCUT2D eigenvalue weighted by Gasteiger charge is -2.30. The molecule has 2 aliphatic heterocycles. The summed E-state index contributed by atoms with van der Waals surface area (Å²) in [6, 6.07) is 11.6. The Morgan fingerprint density at radius 3 is 2.57 bits per heavy atom. The van der Waals surface area contributed by atoms with Crippen LogP contribution in [0, 0.1) is 11.8 Å². The molecule has 0 spiro atoms. The smallest absolute Gasteiger partial charge is 0.226 e. The van der Waals surface area contributed by atoms with E-state index in [2.05, 4.69) is 48.3 Å². The lowest BCUT2D eigenvalue weighted by atomic mass is 9.87. The summed E-state index contributed by atoms with van der Waals surface area (Å²) in [6.07, 6.45) is 4.47. The van der Waals surface area contributed by atoms with E-state index in [0.717, 1.165) is 25.9 Å². The van der Waals surface area contributed by atoms with Crippen LogP contribution in [-0.2, 0) is 11.2 Å². The molecule has 128 valence electrons. The zero-order valence-electron chi connectivity index (χ0n) is 14.2. The van der Waals surface area contributed by atoms with E-state index in [1.807, 2.05) is 6.07 Å². The highest BCUT2D eigenvalue weighted by Crippen LogP contribution is 2.25. The molecule has 0 aromatic heterocycles. The number of fused-ring (bicyclic) bond motifs is 2. The third-order valence-corrected chi connectivity index (χ3v) is 5.26. The van der Waals surface area contributed by atoms with Gasteiger partial charge in [0.25, 0.3) is 0 Å². The first-order valence-electron chi connectivity index (χ1n) is 8.72. The first kappa shape index (κ1) is 18.3. The third-order valence-electron chi connectivity index (χ3n) is 5.26. The van der Waals surface area contributed by atoms with Crippen molar-refractivity contribution in [1.82, 2.24) is 10.2 Å². The molecular formula is C19H29ClN2O. The zero-order valence-corrected chi connectivity index (χ0v) is 15.0. The molecule has 2 fully saturated rings. The number of benzene rings is 1. The van der Waals surface area contributed by atoms with Gasteiger partial charge < -0.3 is 10.2 Å². The predicted molar refractivity (Wildman–Crippen MR) is 96.9 cm³/mol. The molecule has 1 aromatic rings. The second-order valence-corrected chi connectivity index (χ2v) is 7.25. The van der Waals surface area contributed by atoms with Crippen LogP contribution in [0.15, 0.2) is 30.3 Å². The van der Waals surface area contributed by atoms with E-state index in [-0.39, 0.29) is 18.3 Å². The molecule has 4 heteroatoms. The molecule has 1 amide bonds. The molecule has 2 bridgehead atoms. The van der Waals surface area contributed by atoms with Crippen LogP contribution >= 0.6 is 12.4 Å². The van der Waals surface area contributed by atoms with Crippen molar-refractivity contribution in [3.8, 4) is 0 Å². The quantitative estimate of drug-likeness (QED) is 0.915. The van der Waals surface area contributed by atoms with Crippen molar-refractivity contribution in [2.75, 3.05) is 13.1 Å². The molecule has 2 saturated heterocycles. The minimum Gasteiger partial charge on any atom is -0.341 e. The van der Waals surface area contributed by atoms with E-state index in [4.69, 9.17) is 0 Å². The Labute approximate surface area is 146 Å². The molecule has 3 rings (SSSR count). The Hall–Kier alpha value is -1.06. The van der Waals surface area contributed by atoms with Crippen LogP contribution in [0.4, 0.5) is 0 Å². The maximum absolute atomic E-state index is 13.1. The Kier molecular flexibility index (Phi) is 6.49. The molecule has 3 unspecified atom stereocenters. The highest BCUT2D eigenvalue weighted by Gasteiger charge is 2.34. The molecule has 2 aliphatic rings. The van der Waals surface area contributed by atoms with E-state index >= 15 is 0 Å². The first-order chi connectivity index (χ1) is 10.6. The monoisotopic (exact) mass is 336 g/mol. The maximum atomic E-state index is 13.1. The topological polar surface area (TPSA) is 32.3 Å². The van der Waals surface area contributed by atoms with Crippen LogP contribution in [0.2, 0.25) is 0 Å². The number of hydrogen-bond donors (Lipinski definition) is 1. The SMILES string of the molecule is CC(C)C(Cc1ccccc1)C(=O)N1CCC2CCC(C1)N2.Cl. The second-order valence-electron chi connectivity index (χ2n) is 7.25. The van der Waals surface area contributed by atoms with Gasteiger partial charge in [-0.3, -0.25) is 4.79 Å². The molecular weight excluding hydrogens is 308 g/mol. The number of amides is 1. The van der Waals surface area contributed by atoms with Crippen molar-refractivity contribution in [2.24, 2.45) is 11.8 Å². The Morgan fingerprint density at radius 2 is 1.87 bits per heavy atom. The van der Waals surface area contributed by atoms with Gasteiger partial charge in [0.2, 0.25) is 5.91 Å². The Morgan fingerprint density at radius 1 is 1.17 bits per heavy atom. The Balaban J connectivity index is 0.00000192. The number of halogens is 1. The largest absolute Gasteiger partial charge is 0.341 e. The van der Waals surface area contributed by atoms with Crippen LogP contribution in [0.3, 0.4) is 0 Å². The van der Waals surface area contributed by atoms with E-state index in [0.29, 0.717) is 23.9 Å². The summed E-state index contributed by atoms with van der Waals surface area (Å²) in [6.45, 7) is 6.17. The number of carbonyl (C=O) groups is 1. The van der Waals surface area contributed by atoms with E-state index < -0.39 is 0 Å². The lowest BCUT2D eigenvalue weighted by Crippen LogP contribution is -2.43. The molecule has 23 heavy (non-hydrogen) atoms. The average molecular weight is 337 g/mol. The number of nitrogens with zero attached hydrogens (tertiary/aromatic N) is 1. The van der Waals surface area contributed by atoms with Crippen molar-refractivity contribution < 1.29 is 4.79 Å². The second kappa shape index (κ2) is 8.16. The van der Waals surface area contributed by atoms with Crippen molar-refractivity contribution in [2.45, 2.75) is 51.6 Å². The summed E-state index contributed by atoms with van der Waals surface area (Å²) < 4.78 is 0. The lowest BCUT2D eigenvalue weighted by molar-refractivity contribution is -0.137. The third kappa shape index (κ3) is 4.48. The summed E-state index contributed by atoms with van der Waals surface area (Å²) in [5.41, 5.74) is 1.27. The van der Waals surface area contributed by atoms with Crippen molar-refractivity contribution >= 4 is 18.3 Å². The molecule has 2 heterocycles. The van der Waals surface area contributed by atoms with Crippen LogP contribution in [0.25, 0.3) is 0 Å². The number of rotatable bonds is 4. The fraction of sp³-hybridized carbons (Fsp3) is 0.632. The normalized spacial score (nSPS) is 24.9. The zero-order chi connectivity index (χ0) is 15.5. The van der Waals surface area contributed by atoms with Crippen LogP contribution in [0.1, 0.15) is 38.7 Å². The molecule has 3 atom stereocenters. The minimum atomic E-state index is 0. The van der Waals surface area contributed by atoms with Crippen molar-refractivity contribution in [3.63, 3.8) is 0 Å². The molecule has 1 N–H and O–H groups in total. The van der Waals surface area contributed by atoms with Gasteiger partial charge >= 0.3 is 0 Å². The highest BCUT2D eigenvalue weighted by molar-refractivity contribution is 5.85. The fourth-order valence-corrected chi connectivity index (χ4v) is 3.85. The number of hydrogen-bond acceptors (Lipinski definition) is 2. The van der Waals surface area contributed by atoms with Gasteiger partial charge in [-0.2, -0.15) is 0 Å². The standard InChI is InChI=1S/C19H28N2O.ClH/c1-14(2)18(12-15-6-4-3-5-7-15)19(22)21-11-10-16-8-9-17(13-21)20-16;/h3-7,14,16-18,20H,8-13H2,1-2H3;1H. The molecule has 0 aliphatic carbocycles. The molecule has 1 aromatic carbocycles. The first-order valence-corrected chi connectivity index (χ1v) is 8.72. The van der Waals surface area contributed by atoms with Gasteiger partial charge in [0.15, 0.2) is 0 Å². The predicted octanol–water partition coefficient (Wildman–Crippen LogP) is 3.28. The summed E-state index contributed by atoms with van der Waals surface area (Å²) in [4.78, 5) is 15.2. The van der Waals surface area contributed by atoms with Crippen LogP contribution in [0.5, 0.6) is 0 Å². The van der Waals surface area contributed by atoms with E-state index in [1.54, 1.807) is 0 Å². The van der Waals surface area contributed by atoms with Gasteiger partial charge in [0, 0.05) is 31.1 Å². The van der Waals surface area contributed by atoms with Gasteiger partial charge in [-0.15, -0.1) is 12.4 Å². The van der Waals surface area contributed by atoms with Gasteiger partial charge in [0.05, 0.1) is 0 Å². The Bertz CT molecular complexity index is 505.